The Bertz CT molecular complexity index is 1210. The molecule has 0 unspecified atom stereocenters. The molecule has 3 aliphatic rings. The van der Waals surface area contributed by atoms with Gasteiger partial charge in [-0.1, -0.05) is 18.7 Å². The normalized spacial score (nSPS) is 22.4. The summed E-state index contributed by atoms with van der Waals surface area (Å²) in [7, 11) is 0. The fourth-order valence-electron chi connectivity index (χ4n) is 5.86. The summed E-state index contributed by atoms with van der Waals surface area (Å²) in [5, 5.41) is 20.0. The summed E-state index contributed by atoms with van der Waals surface area (Å²) in [5.74, 6) is 0.860. The maximum absolute atomic E-state index is 10.8. The number of aromatic nitrogens is 3. The van der Waals surface area contributed by atoms with Crippen LogP contribution < -0.4 is 0 Å². The summed E-state index contributed by atoms with van der Waals surface area (Å²) >= 11 is 0. The number of carbonyl (C=O) groups is 1. The average Bonchev–Trinajstić information content (AvgIpc) is 3.64. The van der Waals surface area contributed by atoms with Gasteiger partial charge in [0.15, 0.2) is 5.65 Å². The van der Waals surface area contributed by atoms with Crippen LogP contribution in [-0.4, -0.2) is 81.4 Å². The molecule has 0 spiro atoms. The molecular weight excluding hydrogens is 466 g/mol. The van der Waals surface area contributed by atoms with Crippen molar-refractivity contribution in [2.24, 2.45) is 0 Å². The number of nitrogens with zero attached hydrogens (tertiary/aromatic N) is 4. The second-order valence-corrected chi connectivity index (χ2v) is 10.1. The van der Waals surface area contributed by atoms with Gasteiger partial charge in [0, 0.05) is 49.4 Å². The fourth-order valence-corrected chi connectivity index (χ4v) is 5.86. The first-order chi connectivity index (χ1) is 18.1. The Morgan fingerprint density at radius 1 is 1.05 bits per heavy atom. The molecule has 1 saturated carbocycles. The predicted octanol–water partition coefficient (Wildman–Crippen LogP) is 4.48. The molecule has 2 saturated heterocycles. The summed E-state index contributed by atoms with van der Waals surface area (Å²) in [5.41, 5.74) is 3.60. The highest BCUT2D eigenvalue weighted by atomic mass is 16.5. The molecule has 0 atom stereocenters. The van der Waals surface area contributed by atoms with Crippen LogP contribution in [0.4, 0.5) is 0 Å². The molecule has 196 valence electrons. The molecule has 37 heavy (non-hydrogen) atoms. The lowest BCUT2D eigenvalue weighted by molar-refractivity contribution is -0.124. The molecule has 2 N–H and O–H groups in total. The van der Waals surface area contributed by atoms with Gasteiger partial charge in [-0.2, -0.15) is 0 Å². The molecule has 0 bridgehead atoms. The number of carbonyl (C=O) groups excluding carboxylic acids is 1. The van der Waals surface area contributed by atoms with Gasteiger partial charge in [-0.15, -0.1) is 10.2 Å². The summed E-state index contributed by atoms with van der Waals surface area (Å²) < 4.78 is 5.50. The number of H-pyrrole nitrogens is 1. The third-order valence-electron chi connectivity index (χ3n) is 7.94. The number of morpholine rings is 1. The summed E-state index contributed by atoms with van der Waals surface area (Å²) in [6.45, 7) is 9.14. The lowest BCUT2D eigenvalue weighted by Gasteiger charge is -2.38. The minimum Gasteiger partial charge on any atom is -0.507 e. The Morgan fingerprint density at radius 2 is 1.78 bits per heavy atom. The van der Waals surface area contributed by atoms with E-state index in [9.17, 15) is 9.90 Å². The van der Waals surface area contributed by atoms with Crippen LogP contribution in [0.25, 0.3) is 22.3 Å². The lowest BCUT2D eigenvalue weighted by atomic mass is 9.81. The van der Waals surface area contributed by atoms with E-state index in [0.717, 1.165) is 68.8 Å². The van der Waals surface area contributed by atoms with E-state index in [1.54, 1.807) is 6.07 Å². The van der Waals surface area contributed by atoms with Gasteiger partial charge in [-0.25, -0.2) is 0 Å². The molecule has 3 fully saturated rings. The van der Waals surface area contributed by atoms with Crippen molar-refractivity contribution in [1.82, 2.24) is 25.0 Å². The second kappa shape index (κ2) is 11.9. The largest absolute Gasteiger partial charge is 0.507 e. The number of rotatable bonds is 4. The summed E-state index contributed by atoms with van der Waals surface area (Å²) in [4.78, 5) is 18.5. The zero-order valence-corrected chi connectivity index (χ0v) is 21.4. The Balaban J connectivity index is 0.000000265. The number of fused-ring (bicyclic) bond motifs is 1. The van der Waals surface area contributed by atoms with Crippen molar-refractivity contribution >= 4 is 16.9 Å². The van der Waals surface area contributed by atoms with Crippen LogP contribution in [0, 0.1) is 0 Å². The first-order valence-electron chi connectivity index (χ1n) is 13.5. The van der Waals surface area contributed by atoms with E-state index >= 15 is 0 Å². The van der Waals surface area contributed by atoms with Gasteiger partial charge in [0.05, 0.1) is 18.9 Å². The average molecular weight is 504 g/mol. The van der Waals surface area contributed by atoms with Crippen LogP contribution >= 0.6 is 0 Å². The minimum absolute atomic E-state index is 0.0764. The highest BCUT2D eigenvalue weighted by molar-refractivity contribution is 5.87. The Labute approximate surface area is 218 Å². The maximum Gasteiger partial charge on any atom is 0.245 e. The Hall–Kier alpha value is -3.23. The number of nitrogens with one attached hydrogen (secondary N) is 1. The predicted molar refractivity (Wildman–Crippen MR) is 144 cm³/mol. The minimum atomic E-state index is 0.0764. The number of aromatic hydroxyl groups is 1. The van der Waals surface area contributed by atoms with Gasteiger partial charge in [0.2, 0.25) is 5.91 Å². The van der Waals surface area contributed by atoms with E-state index in [-0.39, 0.29) is 11.7 Å². The van der Waals surface area contributed by atoms with E-state index in [4.69, 9.17) is 4.74 Å². The third-order valence-corrected chi connectivity index (χ3v) is 7.94. The van der Waals surface area contributed by atoms with Gasteiger partial charge in [0.25, 0.3) is 0 Å². The first kappa shape index (κ1) is 25.4. The van der Waals surface area contributed by atoms with E-state index in [1.165, 1.54) is 37.3 Å². The van der Waals surface area contributed by atoms with Crippen LogP contribution in [0.3, 0.4) is 0 Å². The molecule has 3 aromatic rings. The molecule has 2 aliphatic heterocycles. The number of phenolic OH excluding ortho intramolecular Hbond substituents is 1. The molecule has 4 heterocycles. The van der Waals surface area contributed by atoms with Crippen LogP contribution in [0.2, 0.25) is 0 Å². The van der Waals surface area contributed by atoms with Crippen molar-refractivity contribution in [2.45, 2.75) is 50.5 Å². The summed E-state index contributed by atoms with van der Waals surface area (Å²) in [6.07, 6.45) is 10.7. The molecule has 1 aromatic carbocycles. The quantitative estimate of drug-likeness (QED) is 0.510. The Kier molecular flexibility index (Phi) is 8.16. The number of hydrogen-bond donors (Lipinski definition) is 2. The van der Waals surface area contributed by atoms with Crippen molar-refractivity contribution < 1.29 is 14.6 Å². The second-order valence-electron chi connectivity index (χ2n) is 10.1. The van der Waals surface area contributed by atoms with E-state index in [2.05, 4.69) is 38.9 Å². The number of ether oxygens (including phenoxy) is 1. The van der Waals surface area contributed by atoms with Gasteiger partial charge in [-0.3, -0.25) is 9.69 Å². The summed E-state index contributed by atoms with van der Waals surface area (Å²) in [6, 6.07) is 10.1. The van der Waals surface area contributed by atoms with Crippen molar-refractivity contribution in [3.05, 3.63) is 54.7 Å². The molecule has 1 amide bonds. The maximum atomic E-state index is 10.8. The van der Waals surface area contributed by atoms with Crippen LogP contribution in [0.15, 0.2) is 49.2 Å². The zero-order valence-electron chi connectivity index (χ0n) is 21.4. The van der Waals surface area contributed by atoms with Crippen molar-refractivity contribution in [3.8, 4) is 17.0 Å². The molecule has 0 radical (unpaired) electrons. The zero-order chi connectivity index (χ0) is 25.6. The number of benzene rings is 1. The first-order valence-corrected chi connectivity index (χ1v) is 13.5. The van der Waals surface area contributed by atoms with Crippen LogP contribution in [0.5, 0.6) is 5.75 Å². The molecule has 2 aromatic heterocycles. The van der Waals surface area contributed by atoms with E-state index in [1.807, 2.05) is 23.1 Å². The number of likely N-dealkylation sites (tertiary alicyclic amines) is 1. The molecular formula is C29H37N5O3. The smallest absolute Gasteiger partial charge is 0.245 e. The standard InChI is InChI=1S/C22H26N4O2.C7H11NO/c27-21-4-2-1-3-17(21)20-13-18-19(14-23-22(18)25-24-20)15-5-7-16(8-6-15)26-9-11-28-12-10-26;1-2-7(9)8-5-3-4-6-8/h1-4,13-16,27H,5-12H2,(H,23,25);2H,1,3-6H2. The van der Waals surface area contributed by atoms with Gasteiger partial charge in [0.1, 0.15) is 5.75 Å². The lowest BCUT2D eigenvalue weighted by Crippen LogP contribution is -2.44. The topological polar surface area (TPSA) is 94.6 Å². The SMILES string of the molecule is C=CC(=O)N1CCCC1.Oc1ccccc1-c1cc2c(C3CCC(N4CCOCC4)CC3)c[nH]c2nn1. The van der Waals surface area contributed by atoms with E-state index in [0.29, 0.717) is 17.7 Å². The number of aromatic amines is 1. The van der Waals surface area contributed by atoms with Crippen molar-refractivity contribution in [1.29, 1.82) is 0 Å². The highest BCUT2D eigenvalue weighted by Crippen LogP contribution is 2.39. The number of hydrogen-bond acceptors (Lipinski definition) is 6. The Morgan fingerprint density at radius 3 is 2.49 bits per heavy atom. The molecule has 8 heteroatoms. The van der Waals surface area contributed by atoms with E-state index < -0.39 is 0 Å². The number of para-hydroxylation sites is 1. The van der Waals surface area contributed by atoms with Crippen LogP contribution in [0.1, 0.15) is 50.0 Å². The van der Waals surface area contributed by atoms with Gasteiger partial charge >= 0.3 is 0 Å². The van der Waals surface area contributed by atoms with Crippen LogP contribution in [-0.2, 0) is 9.53 Å². The number of amides is 1. The number of phenols is 1. The molecule has 6 rings (SSSR count). The van der Waals surface area contributed by atoms with Crippen molar-refractivity contribution in [2.75, 3.05) is 39.4 Å². The monoisotopic (exact) mass is 503 g/mol. The van der Waals surface area contributed by atoms with Gasteiger partial charge in [-0.05, 0) is 74.3 Å². The third kappa shape index (κ3) is 5.86. The molecule has 8 nitrogen and oxygen atoms in total. The van der Waals surface area contributed by atoms with Crippen molar-refractivity contribution in [3.63, 3.8) is 0 Å². The van der Waals surface area contributed by atoms with Gasteiger partial charge < -0.3 is 19.7 Å². The molecule has 1 aliphatic carbocycles. The highest BCUT2D eigenvalue weighted by Gasteiger charge is 2.29. The fraction of sp³-hybridized carbons (Fsp3) is 0.483.